The fourth-order valence-electron chi connectivity index (χ4n) is 1.91. The summed E-state index contributed by atoms with van der Waals surface area (Å²) in [6, 6.07) is 10.0. The molecular formula is C18H17Cl3N2O2. The van der Waals surface area contributed by atoms with Gasteiger partial charge in [0.05, 0.1) is 33.5 Å². The molecule has 0 saturated carbocycles. The van der Waals surface area contributed by atoms with Crippen LogP contribution in [0.15, 0.2) is 41.5 Å². The van der Waals surface area contributed by atoms with E-state index < -0.39 is 5.91 Å². The molecule has 132 valence electrons. The van der Waals surface area contributed by atoms with Crippen LogP contribution in [0, 0.1) is 5.92 Å². The largest absolute Gasteiger partial charge is 0.490 e. The lowest BCUT2D eigenvalue weighted by atomic mass is 10.2. The average molecular weight is 400 g/mol. The molecular weight excluding hydrogens is 383 g/mol. The molecule has 0 spiro atoms. The van der Waals surface area contributed by atoms with Gasteiger partial charge in [-0.05, 0) is 35.7 Å². The molecule has 0 aliphatic rings. The number of carbonyl (C=O) groups excluding carboxylic acids is 1. The number of rotatable bonds is 6. The Hall–Kier alpha value is -1.75. The van der Waals surface area contributed by atoms with E-state index in [9.17, 15) is 4.79 Å². The summed E-state index contributed by atoms with van der Waals surface area (Å²) in [5.74, 6) is 0.388. The first kappa shape index (κ1) is 19.6. The number of hydrogen-bond acceptors (Lipinski definition) is 3. The smallest absolute Gasteiger partial charge is 0.272 e. The van der Waals surface area contributed by atoms with E-state index in [0.29, 0.717) is 44.5 Å². The lowest BCUT2D eigenvalue weighted by Gasteiger charge is -2.12. The first-order valence-electron chi connectivity index (χ1n) is 7.58. The SMILES string of the molecule is CC(C)COc1c(Cl)cc(/C=N\NC(=O)c2ccccc2Cl)cc1Cl. The number of carbonyl (C=O) groups is 1. The first-order valence-corrected chi connectivity index (χ1v) is 8.71. The first-order chi connectivity index (χ1) is 11.9. The van der Waals surface area contributed by atoms with E-state index in [-0.39, 0.29) is 0 Å². The molecule has 2 aromatic rings. The normalized spacial score (nSPS) is 11.1. The van der Waals surface area contributed by atoms with Crippen LogP contribution in [0.4, 0.5) is 0 Å². The molecule has 0 heterocycles. The minimum absolute atomic E-state index is 0.342. The Morgan fingerprint density at radius 2 is 1.80 bits per heavy atom. The van der Waals surface area contributed by atoms with E-state index in [1.54, 1.807) is 36.4 Å². The number of benzene rings is 2. The van der Waals surface area contributed by atoms with Crippen LogP contribution >= 0.6 is 34.8 Å². The van der Waals surface area contributed by atoms with Crippen LogP contribution < -0.4 is 10.2 Å². The molecule has 0 fully saturated rings. The number of ether oxygens (including phenoxy) is 1. The minimum atomic E-state index is -0.407. The molecule has 0 bridgehead atoms. The summed E-state index contributed by atoms with van der Waals surface area (Å²) in [5.41, 5.74) is 3.38. The maximum atomic E-state index is 12.0. The average Bonchev–Trinajstić information content (AvgIpc) is 2.54. The molecule has 4 nitrogen and oxygen atoms in total. The molecule has 0 atom stereocenters. The Bertz CT molecular complexity index is 769. The van der Waals surface area contributed by atoms with Crippen molar-refractivity contribution in [2.45, 2.75) is 13.8 Å². The number of nitrogens with one attached hydrogen (secondary N) is 1. The summed E-state index contributed by atoms with van der Waals surface area (Å²) in [7, 11) is 0. The maximum Gasteiger partial charge on any atom is 0.272 e. The predicted molar refractivity (Wildman–Crippen MR) is 103 cm³/mol. The van der Waals surface area contributed by atoms with Crippen LogP contribution in [0.25, 0.3) is 0 Å². The molecule has 0 aromatic heterocycles. The van der Waals surface area contributed by atoms with Gasteiger partial charge in [0.15, 0.2) is 5.75 Å². The van der Waals surface area contributed by atoms with Crippen molar-refractivity contribution < 1.29 is 9.53 Å². The van der Waals surface area contributed by atoms with Crippen molar-refractivity contribution >= 4 is 46.9 Å². The molecule has 2 aromatic carbocycles. The number of hydrazone groups is 1. The number of hydrogen-bond donors (Lipinski definition) is 1. The van der Waals surface area contributed by atoms with E-state index in [4.69, 9.17) is 39.5 Å². The van der Waals surface area contributed by atoms with Crippen molar-refractivity contribution in [2.24, 2.45) is 11.0 Å². The fraction of sp³-hybridized carbons (Fsp3) is 0.222. The zero-order valence-electron chi connectivity index (χ0n) is 13.7. The third-order valence-corrected chi connectivity index (χ3v) is 3.97. The third-order valence-electron chi connectivity index (χ3n) is 3.08. The van der Waals surface area contributed by atoms with Gasteiger partial charge in [0.25, 0.3) is 5.91 Å². The van der Waals surface area contributed by atoms with E-state index in [2.05, 4.69) is 10.5 Å². The minimum Gasteiger partial charge on any atom is -0.490 e. The second kappa shape index (κ2) is 9.09. The highest BCUT2D eigenvalue weighted by Crippen LogP contribution is 2.34. The number of nitrogens with zero attached hydrogens (tertiary/aromatic N) is 1. The molecule has 1 amide bonds. The Morgan fingerprint density at radius 1 is 1.16 bits per heavy atom. The van der Waals surface area contributed by atoms with Crippen molar-refractivity contribution in [1.82, 2.24) is 5.43 Å². The van der Waals surface area contributed by atoms with Gasteiger partial charge in [-0.1, -0.05) is 60.8 Å². The van der Waals surface area contributed by atoms with Gasteiger partial charge in [0.2, 0.25) is 0 Å². The van der Waals surface area contributed by atoms with Gasteiger partial charge < -0.3 is 4.74 Å². The topological polar surface area (TPSA) is 50.7 Å². The fourth-order valence-corrected chi connectivity index (χ4v) is 2.75. The Balaban J connectivity index is 2.06. The van der Waals surface area contributed by atoms with E-state index >= 15 is 0 Å². The van der Waals surface area contributed by atoms with Gasteiger partial charge in [0.1, 0.15) is 0 Å². The van der Waals surface area contributed by atoms with E-state index in [1.165, 1.54) is 6.21 Å². The van der Waals surface area contributed by atoms with Crippen LogP contribution in [-0.4, -0.2) is 18.7 Å². The van der Waals surface area contributed by atoms with Gasteiger partial charge in [-0.2, -0.15) is 5.10 Å². The molecule has 25 heavy (non-hydrogen) atoms. The van der Waals surface area contributed by atoms with Crippen molar-refractivity contribution in [3.8, 4) is 5.75 Å². The van der Waals surface area contributed by atoms with Gasteiger partial charge in [0, 0.05) is 0 Å². The zero-order valence-corrected chi connectivity index (χ0v) is 16.0. The van der Waals surface area contributed by atoms with Crippen LogP contribution in [0.1, 0.15) is 29.8 Å². The molecule has 0 saturated heterocycles. The van der Waals surface area contributed by atoms with Gasteiger partial charge in [-0.15, -0.1) is 0 Å². The van der Waals surface area contributed by atoms with E-state index in [1.807, 2.05) is 13.8 Å². The summed E-state index contributed by atoms with van der Waals surface area (Å²) < 4.78 is 5.60. The second-order valence-electron chi connectivity index (χ2n) is 5.70. The van der Waals surface area contributed by atoms with Gasteiger partial charge in [-0.25, -0.2) is 5.43 Å². The summed E-state index contributed by atoms with van der Waals surface area (Å²) in [6.45, 7) is 4.58. The van der Waals surface area contributed by atoms with Crippen LogP contribution in [-0.2, 0) is 0 Å². The van der Waals surface area contributed by atoms with Gasteiger partial charge in [-0.3, -0.25) is 4.79 Å². The summed E-state index contributed by atoms with van der Waals surface area (Å²) in [4.78, 5) is 12.0. The Labute approximate surface area is 161 Å². The summed E-state index contributed by atoms with van der Waals surface area (Å²) in [6.07, 6.45) is 1.44. The van der Waals surface area contributed by atoms with Crippen molar-refractivity contribution in [3.05, 3.63) is 62.6 Å². The molecule has 0 radical (unpaired) electrons. The van der Waals surface area contributed by atoms with Crippen molar-refractivity contribution in [3.63, 3.8) is 0 Å². The zero-order chi connectivity index (χ0) is 18.4. The molecule has 1 N–H and O–H groups in total. The lowest BCUT2D eigenvalue weighted by molar-refractivity contribution is 0.0955. The summed E-state index contributed by atoms with van der Waals surface area (Å²) in [5, 5.41) is 5.02. The quantitative estimate of drug-likeness (QED) is 0.519. The number of amides is 1. The highest BCUT2D eigenvalue weighted by molar-refractivity contribution is 6.37. The Kier molecular flexibility index (Phi) is 7.12. The lowest BCUT2D eigenvalue weighted by Crippen LogP contribution is -2.17. The van der Waals surface area contributed by atoms with E-state index in [0.717, 1.165) is 0 Å². The van der Waals surface area contributed by atoms with Crippen LogP contribution in [0.2, 0.25) is 15.1 Å². The molecule has 7 heteroatoms. The monoisotopic (exact) mass is 398 g/mol. The summed E-state index contributed by atoms with van der Waals surface area (Å²) >= 11 is 18.4. The van der Waals surface area contributed by atoms with Crippen LogP contribution in [0.5, 0.6) is 5.75 Å². The molecule has 2 rings (SSSR count). The third kappa shape index (κ3) is 5.63. The second-order valence-corrected chi connectivity index (χ2v) is 6.92. The predicted octanol–water partition coefficient (Wildman–Crippen LogP) is 5.45. The highest BCUT2D eigenvalue weighted by atomic mass is 35.5. The van der Waals surface area contributed by atoms with Crippen molar-refractivity contribution in [1.29, 1.82) is 0 Å². The highest BCUT2D eigenvalue weighted by Gasteiger charge is 2.11. The maximum absolute atomic E-state index is 12.0. The van der Waals surface area contributed by atoms with Gasteiger partial charge >= 0.3 is 0 Å². The Morgan fingerprint density at radius 3 is 2.40 bits per heavy atom. The molecule has 0 aliphatic heterocycles. The molecule has 0 unspecified atom stereocenters. The van der Waals surface area contributed by atoms with Crippen molar-refractivity contribution in [2.75, 3.05) is 6.61 Å². The standard InChI is InChI=1S/C18H17Cl3N2O2/c1-11(2)10-25-17-15(20)7-12(8-16(17)21)9-22-23-18(24)13-5-3-4-6-14(13)19/h3-9,11H,10H2,1-2H3,(H,23,24)/b22-9-. The molecule has 0 aliphatic carbocycles. The van der Waals surface area contributed by atoms with Crippen LogP contribution in [0.3, 0.4) is 0 Å². The number of halogens is 3.